The number of carbonyl (C=O) groups excluding carboxylic acids is 1. The first-order valence-electron chi connectivity index (χ1n) is 7.56. The van der Waals surface area contributed by atoms with E-state index in [0.717, 1.165) is 34.7 Å². The molecule has 2 aromatic rings. The van der Waals surface area contributed by atoms with Crippen LogP contribution in [0.5, 0.6) is 0 Å². The highest BCUT2D eigenvalue weighted by Crippen LogP contribution is 2.32. The number of amides is 1. The average molecular weight is 345 g/mol. The number of likely N-dealkylation sites (tertiary alicyclic amines) is 1. The molecule has 4 heterocycles. The lowest BCUT2D eigenvalue weighted by molar-refractivity contribution is -0.113. The van der Waals surface area contributed by atoms with Crippen molar-refractivity contribution in [2.75, 3.05) is 13.1 Å². The number of thiazole rings is 1. The Morgan fingerprint density at radius 2 is 2.13 bits per heavy atom. The molecule has 2 aromatic heterocycles. The van der Waals surface area contributed by atoms with Gasteiger partial charge in [0.05, 0.1) is 16.9 Å². The van der Waals surface area contributed by atoms with Gasteiger partial charge in [0.2, 0.25) is 0 Å². The molecule has 1 amide bonds. The fourth-order valence-corrected chi connectivity index (χ4v) is 4.31. The molecule has 0 spiro atoms. The molecular formula is C16H15N3O2S2. The molecule has 0 aliphatic carbocycles. The van der Waals surface area contributed by atoms with Gasteiger partial charge in [-0.15, -0.1) is 11.3 Å². The van der Waals surface area contributed by atoms with Gasteiger partial charge in [-0.25, -0.2) is 4.98 Å². The van der Waals surface area contributed by atoms with E-state index >= 15 is 0 Å². The van der Waals surface area contributed by atoms with Crippen LogP contribution in [0.1, 0.15) is 25.0 Å². The fourth-order valence-electron chi connectivity index (χ4n) is 2.62. The Balaban J connectivity index is 1.50. The van der Waals surface area contributed by atoms with Gasteiger partial charge in [-0.1, -0.05) is 0 Å². The maximum atomic E-state index is 12.1. The van der Waals surface area contributed by atoms with E-state index in [2.05, 4.69) is 14.9 Å². The summed E-state index contributed by atoms with van der Waals surface area (Å²) >= 11 is 2.96. The summed E-state index contributed by atoms with van der Waals surface area (Å²) in [6.07, 6.45) is 7.05. The maximum Gasteiger partial charge on any atom is 0.286 e. The first-order valence-corrected chi connectivity index (χ1v) is 9.26. The minimum absolute atomic E-state index is 0.164. The van der Waals surface area contributed by atoms with Crippen LogP contribution in [0.25, 0.3) is 16.8 Å². The van der Waals surface area contributed by atoms with E-state index in [9.17, 15) is 4.79 Å². The molecule has 0 saturated carbocycles. The van der Waals surface area contributed by atoms with Gasteiger partial charge in [-0.2, -0.15) is 4.99 Å². The number of nitrogens with zero attached hydrogens (tertiary/aromatic N) is 3. The normalized spacial score (nSPS) is 20.3. The van der Waals surface area contributed by atoms with E-state index in [0.29, 0.717) is 4.91 Å². The van der Waals surface area contributed by atoms with E-state index in [4.69, 9.17) is 4.42 Å². The molecule has 2 aliphatic rings. The van der Waals surface area contributed by atoms with E-state index in [1.807, 2.05) is 23.6 Å². The molecule has 1 saturated heterocycles. The van der Waals surface area contributed by atoms with Crippen molar-refractivity contribution in [3.63, 3.8) is 0 Å². The van der Waals surface area contributed by atoms with Crippen molar-refractivity contribution in [2.24, 2.45) is 4.99 Å². The lowest BCUT2D eigenvalue weighted by Crippen LogP contribution is -2.33. The molecule has 1 fully saturated rings. The molecule has 0 aromatic carbocycles. The Kier molecular flexibility index (Phi) is 4.05. The van der Waals surface area contributed by atoms with Crippen LogP contribution in [0.2, 0.25) is 0 Å². The second kappa shape index (κ2) is 6.33. The predicted octanol–water partition coefficient (Wildman–Crippen LogP) is 3.86. The van der Waals surface area contributed by atoms with Crippen molar-refractivity contribution < 1.29 is 9.21 Å². The Labute approximate surface area is 142 Å². The number of piperidine rings is 1. The smallest absolute Gasteiger partial charge is 0.286 e. The van der Waals surface area contributed by atoms with Crippen LogP contribution >= 0.6 is 23.1 Å². The molecule has 5 nitrogen and oxygen atoms in total. The first kappa shape index (κ1) is 14.7. The number of carbonyl (C=O) groups is 1. The zero-order valence-corrected chi connectivity index (χ0v) is 14.0. The van der Waals surface area contributed by atoms with Crippen LogP contribution in [0.4, 0.5) is 0 Å². The van der Waals surface area contributed by atoms with Gasteiger partial charge in [0, 0.05) is 18.5 Å². The van der Waals surface area contributed by atoms with Crippen LogP contribution in [-0.2, 0) is 4.79 Å². The number of hydrogen-bond donors (Lipinski definition) is 0. The van der Waals surface area contributed by atoms with Crippen LogP contribution < -0.4 is 0 Å². The minimum atomic E-state index is -0.164. The molecular weight excluding hydrogens is 330 g/mol. The second-order valence-electron chi connectivity index (χ2n) is 5.41. The molecule has 0 unspecified atom stereocenters. The van der Waals surface area contributed by atoms with Gasteiger partial charge in [-0.3, -0.25) is 4.79 Å². The van der Waals surface area contributed by atoms with E-state index < -0.39 is 0 Å². The maximum absolute atomic E-state index is 12.1. The Bertz CT molecular complexity index is 771. The Morgan fingerprint density at radius 1 is 1.26 bits per heavy atom. The van der Waals surface area contributed by atoms with Crippen molar-refractivity contribution in [1.82, 2.24) is 9.88 Å². The zero-order chi connectivity index (χ0) is 15.6. The van der Waals surface area contributed by atoms with Crippen molar-refractivity contribution in [1.29, 1.82) is 0 Å². The van der Waals surface area contributed by atoms with E-state index in [1.54, 1.807) is 6.26 Å². The lowest BCUT2D eigenvalue weighted by Gasteiger charge is -2.27. The SMILES string of the molecule is O=C1N=C(N2CCCCC2)SC1=Cc1csc(-c2ccco2)n1. The summed E-state index contributed by atoms with van der Waals surface area (Å²) in [7, 11) is 0. The third-order valence-electron chi connectivity index (χ3n) is 3.77. The van der Waals surface area contributed by atoms with Crippen molar-refractivity contribution in [3.8, 4) is 10.8 Å². The van der Waals surface area contributed by atoms with Crippen LogP contribution in [0.3, 0.4) is 0 Å². The third-order valence-corrected chi connectivity index (χ3v) is 5.69. The summed E-state index contributed by atoms with van der Waals surface area (Å²) < 4.78 is 5.35. The topological polar surface area (TPSA) is 58.7 Å². The lowest BCUT2D eigenvalue weighted by atomic mass is 10.1. The number of aliphatic imine (C=N–C) groups is 1. The molecule has 23 heavy (non-hydrogen) atoms. The number of aromatic nitrogens is 1. The standard InChI is InChI=1S/C16H15N3O2S2/c20-14-13(23-16(18-14)19-6-2-1-3-7-19)9-11-10-22-15(17-11)12-5-4-8-21-12/h4-5,8-10H,1-3,6-7H2. The van der Waals surface area contributed by atoms with Gasteiger partial charge in [0.1, 0.15) is 0 Å². The number of amidine groups is 1. The van der Waals surface area contributed by atoms with Crippen molar-refractivity contribution in [3.05, 3.63) is 34.4 Å². The molecule has 4 rings (SSSR count). The summed E-state index contributed by atoms with van der Waals surface area (Å²) in [5.74, 6) is 0.582. The largest absolute Gasteiger partial charge is 0.462 e. The summed E-state index contributed by atoms with van der Waals surface area (Å²) in [6, 6.07) is 3.72. The monoisotopic (exact) mass is 345 g/mol. The number of furan rings is 1. The first-order chi connectivity index (χ1) is 11.3. The molecule has 118 valence electrons. The van der Waals surface area contributed by atoms with Crippen LogP contribution in [-0.4, -0.2) is 34.0 Å². The number of rotatable bonds is 2. The number of hydrogen-bond acceptors (Lipinski definition) is 6. The summed E-state index contributed by atoms with van der Waals surface area (Å²) in [5.41, 5.74) is 0.771. The van der Waals surface area contributed by atoms with Gasteiger partial charge < -0.3 is 9.32 Å². The van der Waals surface area contributed by atoms with Crippen LogP contribution in [0, 0.1) is 0 Å². The number of thioether (sulfide) groups is 1. The van der Waals surface area contributed by atoms with Gasteiger partial charge in [0.25, 0.3) is 5.91 Å². The molecule has 7 heteroatoms. The Hall–Kier alpha value is -1.86. The Morgan fingerprint density at radius 3 is 2.91 bits per heavy atom. The summed E-state index contributed by atoms with van der Waals surface area (Å²) in [4.78, 5) is 23.7. The quantitative estimate of drug-likeness (QED) is 0.774. The second-order valence-corrected chi connectivity index (χ2v) is 7.28. The minimum Gasteiger partial charge on any atom is -0.462 e. The summed E-state index contributed by atoms with van der Waals surface area (Å²) in [5, 5.41) is 3.58. The molecule has 0 N–H and O–H groups in total. The highest BCUT2D eigenvalue weighted by Gasteiger charge is 2.27. The third kappa shape index (κ3) is 3.11. The van der Waals surface area contributed by atoms with Gasteiger partial charge >= 0.3 is 0 Å². The fraction of sp³-hybridized carbons (Fsp3) is 0.312. The van der Waals surface area contributed by atoms with E-state index in [-0.39, 0.29) is 5.91 Å². The zero-order valence-electron chi connectivity index (χ0n) is 12.4. The molecule has 0 atom stereocenters. The molecule has 0 radical (unpaired) electrons. The van der Waals surface area contributed by atoms with Crippen LogP contribution in [0.15, 0.2) is 38.1 Å². The van der Waals surface area contributed by atoms with Crippen molar-refractivity contribution >= 4 is 40.2 Å². The highest BCUT2D eigenvalue weighted by molar-refractivity contribution is 8.18. The van der Waals surface area contributed by atoms with Gasteiger partial charge in [0.15, 0.2) is 15.9 Å². The predicted molar refractivity (Wildman–Crippen MR) is 93.3 cm³/mol. The van der Waals surface area contributed by atoms with Crippen molar-refractivity contribution in [2.45, 2.75) is 19.3 Å². The summed E-state index contributed by atoms with van der Waals surface area (Å²) in [6.45, 7) is 1.98. The molecule has 2 aliphatic heterocycles. The highest BCUT2D eigenvalue weighted by atomic mass is 32.2. The van der Waals surface area contributed by atoms with E-state index in [1.165, 1.54) is 42.4 Å². The van der Waals surface area contributed by atoms with Gasteiger partial charge in [-0.05, 0) is 49.2 Å². The molecule has 0 bridgehead atoms. The average Bonchev–Trinajstić information content (AvgIpc) is 3.30.